The first-order valence-electron chi connectivity index (χ1n) is 5.57. The summed E-state index contributed by atoms with van der Waals surface area (Å²) < 4.78 is 0.859. The average molecular weight is 327 g/mol. The summed E-state index contributed by atoms with van der Waals surface area (Å²) >= 11 is 9.34. The zero-order valence-corrected chi connectivity index (χ0v) is 12.2. The largest absolute Gasteiger partial charge is 0.508 e. The zero-order valence-electron chi connectivity index (χ0n) is 9.82. The highest BCUT2D eigenvalue weighted by molar-refractivity contribution is 9.10. The van der Waals surface area contributed by atoms with E-state index in [1.165, 1.54) is 0 Å². The molecule has 2 aromatic carbocycles. The normalized spacial score (nSPS) is 12.2. The van der Waals surface area contributed by atoms with Crippen molar-refractivity contribution >= 4 is 33.2 Å². The van der Waals surface area contributed by atoms with Gasteiger partial charge in [0.2, 0.25) is 0 Å². The van der Waals surface area contributed by atoms with E-state index in [0.29, 0.717) is 5.02 Å². The summed E-state index contributed by atoms with van der Waals surface area (Å²) in [5, 5.41) is 13.5. The van der Waals surface area contributed by atoms with E-state index < -0.39 is 0 Å². The second-order valence-electron chi connectivity index (χ2n) is 4.09. The van der Waals surface area contributed by atoms with Crippen molar-refractivity contribution in [1.29, 1.82) is 0 Å². The molecule has 1 unspecified atom stereocenters. The highest BCUT2D eigenvalue weighted by Crippen LogP contribution is 2.28. The summed E-state index contributed by atoms with van der Waals surface area (Å²) in [5.74, 6) is 0.276. The second-order valence-corrected chi connectivity index (χ2v) is 5.35. The third kappa shape index (κ3) is 3.18. The van der Waals surface area contributed by atoms with Gasteiger partial charge in [0.1, 0.15) is 5.75 Å². The van der Waals surface area contributed by atoms with Crippen molar-refractivity contribution in [2.75, 3.05) is 5.32 Å². The number of halogens is 2. The van der Waals surface area contributed by atoms with E-state index >= 15 is 0 Å². The summed E-state index contributed by atoms with van der Waals surface area (Å²) in [6.45, 7) is 2.04. The predicted molar refractivity (Wildman–Crippen MR) is 79.3 cm³/mol. The van der Waals surface area contributed by atoms with Crippen molar-refractivity contribution in [1.82, 2.24) is 0 Å². The number of aromatic hydroxyl groups is 1. The SMILES string of the molecule is CC(Nc1ccc(Cl)c(Br)c1)c1cccc(O)c1. The number of benzene rings is 2. The van der Waals surface area contributed by atoms with Crippen molar-refractivity contribution in [3.63, 3.8) is 0 Å². The van der Waals surface area contributed by atoms with Crippen LogP contribution < -0.4 is 5.32 Å². The third-order valence-electron chi connectivity index (χ3n) is 2.67. The Kier molecular flexibility index (Phi) is 4.15. The van der Waals surface area contributed by atoms with Gasteiger partial charge in [-0.1, -0.05) is 23.7 Å². The maximum Gasteiger partial charge on any atom is 0.115 e. The molecule has 0 spiro atoms. The quantitative estimate of drug-likeness (QED) is 0.833. The van der Waals surface area contributed by atoms with E-state index in [-0.39, 0.29) is 11.8 Å². The molecule has 2 nitrogen and oxygen atoms in total. The summed E-state index contributed by atoms with van der Waals surface area (Å²) in [4.78, 5) is 0. The van der Waals surface area contributed by atoms with E-state index in [1.807, 2.05) is 37.3 Å². The van der Waals surface area contributed by atoms with Gasteiger partial charge < -0.3 is 10.4 Å². The molecule has 1 atom stereocenters. The predicted octanol–water partition coefficient (Wildman–Crippen LogP) is 4.98. The molecule has 94 valence electrons. The van der Waals surface area contributed by atoms with Gasteiger partial charge >= 0.3 is 0 Å². The van der Waals surface area contributed by atoms with Gasteiger partial charge in [0, 0.05) is 16.2 Å². The summed E-state index contributed by atoms with van der Waals surface area (Å²) in [6, 6.07) is 13.0. The first-order valence-corrected chi connectivity index (χ1v) is 6.74. The topological polar surface area (TPSA) is 32.3 Å². The fraction of sp³-hybridized carbons (Fsp3) is 0.143. The molecule has 0 aliphatic rings. The number of rotatable bonds is 3. The van der Waals surface area contributed by atoms with Crippen molar-refractivity contribution in [2.45, 2.75) is 13.0 Å². The first kappa shape index (κ1) is 13.2. The maximum atomic E-state index is 9.46. The Bertz CT molecular complexity index is 559. The molecular formula is C14H13BrClNO. The van der Waals surface area contributed by atoms with Crippen LogP contribution in [0.3, 0.4) is 0 Å². The van der Waals surface area contributed by atoms with E-state index in [1.54, 1.807) is 12.1 Å². The Morgan fingerprint density at radius 2 is 2.00 bits per heavy atom. The maximum absolute atomic E-state index is 9.46. The van der Waals surface area contributed by atoms with Crippen molar-refractivity contribution < 1.29 is 5.11 Å². The van der Waals surface area contributed by atoms with Crippen LogP contribution in [0.4, 0.5) is 5.69 Å². The van der Waals surface area contributed by atoms with Gasteiger partial charge in [-0.15, -0.1) is 0 Å². The van der Waals surface area contributed by atoms with Gasteiger partial charge in [-0.25, -0.2) is 0 Å². The Balaban J connectivity index is 2.16. The van der Waals surface area contributed by atoms with Crippen LogP contribution in [0.15, 0.2) is 46.9 Å². The summed E-state index contributed by atoms with van der Waals surface area (Å²) in [5.41, 5.74) is 2.00. The number of hydrogen-bond donors (Lipinski definition) is 2. The van der Waals surface area contributed by atoms with Crippen LogP contribution in [0.1, 0.15) is 18.5 Å². The van der Waals surface area contributed by atoms with Crippen molar-refractivity contribution in [3.8, 4) is 5.75 Å². The van der Waals surface area contributed by atoms with E-state index in [9.17, 15) is 5.11 Å². The van der Waals surface area contributed by atoms with Gasteiger partial charge in [-0.2, -0.15) is 0 Å². The van der Waals surface area contributed by atoms with Crippen LogP contribution in [-0.4, -0.2) is 5.11 Å². The van der Waals surface area contributed by atoms with E-state index in [2.05, 4.69) is 21.2 Å². The molecule has 2 rings (SSSR count). The summed E-state index contributed by atoms with van der Waals surface area (Å²) in [7, 11) is 0. The molecule has 0 aliphatic carbocycles. The fourth-order valence-corrected chi connectivity index (χ4v) is 2.21. The van der Waals surface area contributed by atoms with Gasteiger partial charge in [0.25, 0.3) is 0 Å². The lowest BCUT2D eigenvalue weighted by atomic mass is 10.1. The molecule has 0 fully saturated rings. The average Bonchev–Trinajstić information content (AvgIpc) is 2.34. The molecule has 0 saturated carbocycles. The highest BCUT2D eigenvalue weighted by Gasteiger charge is 2.07. The molecule has 0 heterocycles. The minimum atomic E-state index is 0.102. The minimum Gasteiger partial charge on any atom is -0.508 e. The van der Waals surface area contributed by atoms with Gasteiger partial charge in [0.15, 0.2) is 0 Å². The van der Waals surface area contributed by atoms with Gasteiger partial charge in [-0.3, -0.25) is 0 Å². The van der Waals surface area contributed by atoms with E-state index in [0.717, 1.165) is 15.7 Å². The van der Waals surface area contributed by atoms with Gasteiger partial charge in [-0.05, 0) is 58.7 Å². The second kappa shape index (κ2) is 5.63. The fourth-order valence-electron chi connectivity index (χ4n) is 1.71. The molecule has 0 saturated heterocycles. The van der Waals surface area contributed by atoms with Crippen LogP contribution in [0.5, 0.6) is 5.75 Å². The number of anilines is 1. The Labute approximate surface area is 120 Å². The molecule has 0 amide bonds. The van der Waals surface area contributed by atoms with Crippen LogP contribution >= 0.6 is 27.5 Å². The van der Waals surface area contributed by atoms with E-state index in [4.69, 9.17) is 11.6 Å². The lowest BCUT2D eigenvalue weighted by molar-refractivity contribution is 0.474. The molecule has 18 heavy (non-hydrogen) atoms. The third-order valence-corrected chi connectivity index (χ3v) is 3.89. The molecule has 0 bridgehead atoms. The van der Waals surface area contributed by atoms with Crippen molar-refractivity contribution in [2.24, 2.45) is 0 Å². The molecule has 0 aliphatic heterocycles. The van der Waals surface area contributed by atoms with Crippen LogP contribution in [0, 0.1) is 0 Å². The molecule has 2 aromatic rings. The molecule has 0 radical (unpaired) electrons. The van der Waals surface area contributed by atoms with Crippen LogP contribution in [0.25, 0.3) is 0 Å². The number of nitrogens with one attached hydrogen (secondary N) is 1. The number of hydrogen-bond acceptors (Lipinski definition) is 2. The monoisotopic (exact) mass is 325 g/mol. The van der Waals surface area contributed by atoms with Gasteiger partial charge in [0.05, 0.1) is 5.02 Å². The molecule has 0 aromatic heterocycles. The van der Waals surface area contributed by atoms with Crippen molar-refractivity contribution in [3.05, 3.63) is 57.5 Å². The highest BCUT2D eigenvalue weighted by atomic mass is 79.9. The molecule has 2 N–H and O–H groups in total. The van der Waals surface area contributed by atoms with Crippen LogP contribution in [-0.2, 0) is 0 Å². The zero-order chi connectivity index (χ0) is 13.1. The lowest BCUT2D eigenvalue weighted by Crippen LogP contribution is -2.06. The molecule has 4 heteroatoms. The standard InChI is InChI=1S/C14H13BrClNO/c1-9(10-3-2-4-12(18)7-10)17-11-5-6-14(16)13(15)8-11/h2-9,17-18H,1H3. The minimum absolute atomic E-state index is 0.102. The van der Waals surface area contributed by atoms with Crippen LogP contribution in [0.2, 0.25) is 5.02 Å². The molecular weight excluding hydrogens is 314 g/mol. The number of phenolic OH excluding ortho intramolecular Hbond substituents is 1. The lowest BCUT2D eigenvalue weighted by Gasteiger charge is -2.16. The Morgan fingerprint density at radius 3 is 2.67 bits per heavy atom. The Hall–Kier alpha value is -1.19. The smallest absolute Gasteiger partial charge is 0.115 e. The number of phenols is 1. The Morgan fingerprint density at radius 1 is 1.22 bits per heavy atom. The summed E-state index contributed by atoms with van der Waals surface area (Å²) in [6.07, 6.45) is 0. The first-order chi connectivity index (χ1) is 8.56.